The van der Waals surface area contributed by atoms with Crippen LogP contribution in [0.2, 0.25) is 0 Å². The molecule has 25 heavy (non-hydrogen) atoms. The minimum absolute atomic E-state index is 0.228. The summed E-state index contributed by atoms with van der Waals surface area (Å²) in [7, 11) is 1.54. The number of alkyl halides is 3. The van der Waals surface area contributed by atoms with Crippen LogP contribution < -0.4 is 15.8 Å². The van der Waals surface area contributed by atoms with Crippen LogP contribution in [0.3, 0.4) is 0 Å². The number of rotatable bonds is 2. The molecule has 0 aliphatic carbocycles. The van der Waals surface area contributed by atoms with E-state index in [1.54, 1.807) is 24.3 Å². The summed E-state index contributed by atoms with van der Waals surface area (Å²) in [6, 6.07) is 9.46. The maximum absolute atomic E-state index is 13.0. The number of nitrogens with one attached hydrogen (secondary N) is 1. The Morgan fingerprint density at radius 2 is 1.84 bits per heavy atom. The molecule has 0 spiro atoms. The van der Waals surface area contributed by atoms with Gasteiger partial charge in [0.1, 0.15) is 5.75 Å². The highest BCUT2D eigenvalue weighted by Gasteiger charge is 2.34. The highest BCUT2D eigenvalue weighted by molar-refractivity contribution is 5.97. The van der Waals surface area contributed by atoms with Gasteiger partial charge < -0.3 is 15.8 Å². The first-order valence-electron chi connectivity index (χ1n) is 7.70. The summed E-state index contributed by atoms with van der Waals surface area (Å²) in [5.41, 5.74) is 6.87. The number of anilines is 1. The van der Waals surface area contributed by atoms with Crippen molar-refractivity contribution >= 4 is 11.6 Å². The van der Waals surface area contributed by atoms with Crippen molar-refractivity contribution in [2.45, 2.75) is 24.6 Å². The standard InChI is InChI=1S/C18H17F3N2O2/c1-25-13-5-2-10(3-6-13)14-9-11-8-12(18(19,20)21)4-7-15(11)23-17(24)16(14)22/h2-8,14,16H,9,22H2,1H3,(H,23,24). The lowest BCUT2D eigenvalue weighted by atomic mass is 9.86. The van der Waals surface area contributed by atoms with Gasteiger partial charge in [0.2, 0.25) is 5.91 Å². The van der Waals surface area contributed by atoms with Gasteiger partial charge in [-0.2, -0.15) is 13.2 Å². The second kappa shape index (κ2) is 6.40. The van der Waals surface area contributed by atoms with E-state index in [4.69, 9.17) is 10.5 Å². The van der Waals surface area contributed by atoms with E-state index in [0.29, 0.717) is 17.0 Å². The molecule has 2 aromatic rings. The number of benzene rings is 2. The van der Waals surface area contributed by atoms with Gasteiger partial charge in [-0.05, 0) is 47.9 Å². The summed E-state index contributed by atoms with van der Waals surface area (Å²) < 4.78 is 44.1. The molecule has 2 aromatic carbocycles. The van der Waals surface area contributed by atoms with Gasteiger partial charge in [0.15, 0.2) is 0 Å². The Kier molecular flexibility index (Phi) is 4.43. The van der Waals surface area contributed by atoms with E-state index in [1.165, 1.54) is 13.2 Å². The van der Waals surface area contributed by atoms with Gasteiger partial charge in [-0.1, -0.05) is 12.1 Å². The smallest absolute Gasteiger partial charge is 0.416 e. The molecule has 2 unspecified atom stereocenters. The summed E-state index contributed by atoms with van der Waals surface area (Å²) in [6.45, 7) is 0. The zero-order valence-corrected chi connectivity index (χ0v) is 13.4. The van der Waals surface area contributed by atoms with Crippen LogP contribution in [0.25, 0.3) is 0 Å². The Balaban J connectivity index is 2.01. The zero-order valence-electron chi connectivity index (χ0n) is 13.4. The number of ether oxygens (including phenoxy) is 1. The van der Waals surface area contributed by atoms with Crippen LogP contribution in [0.15, 0.2) is 42.5 Å². The van der Waals surface area contributed by atoms with Crippen molar-refractivity contribution in [2.24, 2.45) is 5.73 Å². The van der Waals surface area contributed by atoms with Gasteiger partial charge in [0.05, 0.1) is 18.7 Å². The van der Waals surface area contributed by atoms with Crippen LogP contribution in [-0.4, -0.2) is 19.1 Å². The van der Waals surface area contributed by atoms with Crippen LogP contribution in [0.1, 0.15) is 22.6 Å². The summed E-state index contributed by atoms with van der Waals surface area (Å²) in [6.07, 6.45) is -4.21. The Bertz CT molecular complexity index is 788. The highest BCUT2D eigenvalue weighted by Crippen LogP contribution is 2.36. The zero-order chi connectivity index (χ0) is 18.2. The predicted octanol–water partition coefficient (Wildman–Crippen LogP) is 3.32. The van der Waals surface area contributed by atoms with Gasteiger partial charge in [0, 0.05) is 11.6 Å². The lowest BCUT2D eigenvalue weighted by Crippen LogP contribution is -2.39. The number of halogens is 3. The third-order valence-electron chi connectivity index (χ3n) is 4.41. The Hall–Kier alpha value is -2.54. The molecule has 0 radical (unpaired) electrons. The number of hydrogen-bond acceptors (Lipinski definition) is 3. The Labute approximate surface area is 142 Å². The van der Waals surface area contributed by atoms with Crippen molar-refractivity contribution in [3.05, 3.63) is 59.2 Å². The Morgan fingerprint density at radius 1 is 1.16 bits per heavy atom. The minimum Gasteiger partial charge on any atom is -0.497 e. The fourth-order valence-electron chi connectivity index (χ4n) is 3.00. The molecular weight excluding hydrogens is 333 g/mol. The molecule has 0 fully saturated rings. The summed E-state index contributed by atoms with van der Waals surface area (Å²) >= 11 is 0. The van der Waals surface area contributed by atoms with Crippen molar-refractivity contribution in [3.8, 4) is 5.75 Å². The van der Waals surface area contributed by atoms with E-state index in [-0.39, 0.29) is 6.42 Å². The molecule has 2 atom stereocenters. The molecule has 0 saturated heterocycles. The lowest BCUT2D eigenvalue weighted by Gasteiger charge is -2.20. The molecule has 132 valence electrons. The monoisotopic (exact) mass is 350 g/mol. The number of hydrogen-bond donors (Lipinski definition) is 2. The molecule has 3 N–H and O–H groups in total. The van der Waals surface area contributed by atoms with Crippen LogP contribution >= 0.6 is 0 Å². The number of nitrogens with two attached hydrogens (primary N) is 1. The molecule has 0 bridgehead atoms. The van der Waals surface area contributed by atoms with E-state index in [1.807, 2.05) is 0 Å². The maximum atomic E-state index is 13.0. The minimum atomic E-state index is -4.44. The first-order valence-corrected chi connectivity index (χ1v) is 7.70. The molecule has 4 nitrogen and oxygen atoms in total. The number of amides is 1. The van der Waals surface area contributed by atoms with Gasteiger partial charge in [0.25, 0.3) is 0 Å². The predicted molar refractivity (Wildman–Crippen MR) is 87.5 cm³/mol. The van der Waals surface area contributed by atoms with Crippen molar-refractivity contribution in [1.82, 2.24) is 0 Å². The number of carbonyl (C=O) groups excluding carboxylic acids is 1. The van der Waals surface area contributed by atoms with Gasteiger partial charge in [-0.25, -0.2) is 0 Å². The number of fused-ring (bicyclic) bond motifs is 1. The van der Waals surface area contributed by atoms with Crippen LogP contribution in [-0.2, 0) is 17.4 Å². The summed E-state index contributed by atoms with van der Waals surface area (Å²) in [4.78, 5) is 12.3. The Morgan fingerprint density at radius 3 is 2.44 bits per heavy atom. The first kappa shape index (κ1) is 17.3. The second-order valence-electron chi connectivity index (χ2n) is 5.97. The lowest BCUT2D eigenvalue weighted by molar-refractivity contribution is -0.137. The number of carbonyl (C=O) groups is 1. The molecular formula is C18H17F3N2O2. The first-order chi connectivity index (χ1) is 11.8. The molecule has 1 heterocycles. The van der Waals surface area contributed by atoms with Crippen molar-refractivity contribution in [1.29, 1.82) is 0 Å². The third kappa shape index (κ3) is 3.46. The van der Waals surface area contributed by atoms with E-state index in [2.05, 4.69) is 5.32 Å². The van der Waals surface area contributed by atoms with Crippen LogP contribution in [0, 0.1) is 0 Å². The van der Waals surface area contributed by atoms with E-state index < -0.39 is 29.6 Å². The van der Waals surface area contributed by atoms with Crippen LogP contribution in [0.4, 0.5) is 18.9 Å². The van der Waals surface area contributed by atoms with Gasteiger partial charge in [-0.15, -0.1) is 0 Å². The number of methoxy groups -OCH3 is 1. The average molecular weight is 350 g/mol. The average Bonchev–Trinajstić information content (AvgIpc) is 2.71. The van der Waals surface area contributed by atoms with Crippen molar-refractivity contribution in [3.63, 3.8) is 0 Å². The fraction of sp³-hybridized carbons (Fsp3) is 0.278. The van der Waals surface area contributed by atoms with E-state index >= 15 is 0 Å². The van der Waals surface area contributed by atoms with E-state index in [0.717, 1.165) is 17.7 Å². The molecule has 3 rings (SSSR count). The van der Waals surface area contributed by atoms with Crippen molar-refractivity contribution < 1.29 is 22.7 Å². The normalized spacial score (nSPS) is 20.4. The molecule has 1 amide bonds. The SMILES string of the molecule is COc1ccc(C2Cc3cc(C(F)(F)F)ccc3NC(=O)C2N)cc1. The molecule has 1 aliphatic heterocycles. The highest BCUT2D eigenvalue weighted by atomic mass is 19.4. The van der Waals surface area contributed by atoms with E-state index in [9.17, 15) is 18.0 Å². The van der Waals surface area contributed by atoms with Crippen LogP contribution in [0.5, 0.6) is 5.75 Å². The quantitative estimate of drug-likeness (QED) is 0.873. The second-order valence-corrected chi connectivity index (χ2v) is 5.97. The molecule has 0 saturated carbocycles. The van der Waals surface area contributed by atoms with Crippen molar-refractivity contribution in [2.75, 3.05) is 12.4 Å². The van der Waals surface area contributed by atoms with Gasteiger partial charge >= 0.3 is 6.18 Å². The molecule has 7 heteroatoms. The molecule has 1 aliphatic rings. The maximum Gasteiger partial charge on any atom is 0.416 e. The topological polar surface area (TPSA) is 64.3 Å². The third-order valence-corrected chi connectivity index (χ3v) is 4.41. The largest absolute Gasteiger partial charge is 0.497 e. The fourth-order valence-corrected chi connectivity index (χ4v) is 3.00. The summed E-state index contributed by atoms with van der Waals surface area (Å²) in [5.74, 6) is -0.204. The molecule has 0 aromatic heterocycles. The van der Waals surface area contributed by atoms with Gasteiger partial charge in [-0.3, -0.25) is 4.79 Å². The summed E-state index contributed by atoms with van der Waals surface area (Å²) in [5, 5.41) is 2.62.